The van der Waals surface area contributed by atoms with Crippen molar-refractivity contribution < 1.29 is 9.59 Å². The Kier molecular flexibility index (Phi) is 6.90. The van der Waals surface area contributed by atoms with Crippen molar-refractivity contribution in [2.24, 2.45) is 0 Å². The highest BCUT2D eigenvalue weighted by molar-refractivity contribution is 5.97. The zero-order chi connectivity index (χ0) is 20.2. The second-order valence-corrected chi connectivity index (χ2v) is 7.22. The van der Waals surface area contributed by atoms with Crippen LogP contribution in [0.25, 0.3) is 23.1 Å². The quantitative estimate of drug-likeness (QED) is 0.676. The Hall–Kier alpha value is -3.12. The van der Waals surface area contributed by atoms with Crippen LogP contribution in [0.2, 0.25) is 0 Å². The monoisotopic (exact) mass is 424 g/mol. The summed E-state index contributed by atoms with van der Waals surface area (Å²) in [5, 5.41) is 8.42. The van der Waals surface area contributed by atoms with Gasteiger partial charge in [-0.25, -0.2) is 0 Å². The van der Waals surface area contributed by atoms with Crippen molar-refractivity contribution in [2.75, 3.05) is 26.2 Å². The Balaban J connectivity index is 0.00000256. The van der Waals surface area contributed by atoms with Crippen molar-refractivity contribution in [2.45, 2.75) is 13.3 Å². The second-order valence-electron chi connectivity index (χ2n) is 7.22. The van der Waals surface area contributed by atoms with Gasteiger partial charge in [-0.05, 0) is 36.3 Å². The lowest BCUT2D eigenvalue weighted by Gasteiger charge is -2.34. The van der Waals surface area contributed by atoms with E-state index in [0.29, 0.717) is 18.7 Å². The molecule has 1 aliphatic rings. The SMILES string of the molecule is CCCN1CCN(C(=O)c2ccc(/C=C/c3n[nH]c4ccccc34)cc2)CC1=O.Cl. The molecule has 0 radical (unpaired) electrons. The number of rotatable bonds is 5. The highest BCUT2D eigenvalue weighted by atomic mass is 35.5. The summed E-state index contributed by atoms with van der Waals surface area (Å²) < 4.78 is 0. The molecule has 3 aromatic rings. The van der Waals surface area contributed by atoms with Gasteiger partial charge in [0.2, 0.25) is 5.91 Å². The van der Waals surface area contributed by atoms with Gasteiger partial charge >= 0.3 is 0 Å². The van der Waals surface area contributed by atoms with Gasteiger partial charge in [-0.15, -0.1) is 12.4 Å². The summed E-state index contributed by atoms with van der Waals surface area (Å²) in [6.45, 7) is 4.16. The lowest BCUT2D eigenvalue weighted by atomic mass is 10.1. The van der Waals surface area contributed by atoms with Crippen molar-refractivity contribution >= 4 is 47.3 Å². The number of hydrogen-bond donors (Lipinski definition) is 1. The fourth-order valence-electron chi connectivity index (χ4n) is 3.59. The first-order chi connectivity index (χ1) is 14.2. The molecule has 1 aliphatic heterocycles. The van der Waals surface area contributed by atoms with Gasteiger partial charge in [-0.3, -0.25) is 14.7 Å². The minimum atomic E-state index is -0.0941. The van der Waals surface area contributed by atoms with E-state index in [1.807, 2.05) is 65.6 Å². The first kappa shape index (κ1) is 21.6. The van der Waals surface area contributed by atoms with Gasteiger partial charge in [0, 0.05) is 30.6 Å². The molecule has 2 amide bonds. The summed E-state index contributed by atoms with van der Waals surface area (Å²) in [6, 6.07) is 15.4. The number of aromatic nitrogens is 2. The molecule has 0 bridgehead atoms. The Bertz CT molecular complexity index is 1060. The third-order valence-electron chi connectivity index (χ3n) is 5.19. The summed E-state index contributed by atoms with van der Waals surface area (Å²) in [5.74, 6) is -0.0689. The van der Waals surface area contributed by atoms with E-state index in [0.717, 1.165) is 35.1 Å². The molecular formula is C23H25ClN4O2. The molecule has 6 nitrogen and oxygen atoms in total. The first-order valence-corrected chi connectivity index (χ1v) is 9.94. The molecule has 7 heteroatoms. The Labute approximate surface area is 182 Å². The van der Waals surface area contributed by atoms with Crippen LogP contribution in [-0.2, 0) is 4.79 Å². The zero-order valence-electron chi connectivity index (χ0n) is 16.9. The van der Waals surface area contributed by atoms with Crippen LogP contribution < -0.4 is 0 Å². The number of carbonyl (C=O) groups excluding carboxylic acids is 2. The highest BCUT2D eigenvalue weighted by Crippen LogP contribution is 2.18. The predicted molar refractivity (Wildman–Crippen MR) is 121 cm³/mol. The number of halogens is 1. The Morgan fingerprint density at radius 3 is 2.60 bits per heavy atom. The standard InChI is InChI=1S/C23H24N4O2.ClH/c1-2-13-26-14-15-27(16-22(26)28)23(29)18-10-7-17(8-11-18)9-12-21-19-5-3-4-6-20(19)24-25-21;/h3-12H,2,13-16H2,1H3,(H,24,25);1H/b12-9+;. The van der Waals surface area contributed by atoms with Crippen molar-refractivity contribution in [1.29, 1.82) is 0 Å². The number of nitrogens with zero attached hydrogens (tertiary/aromatic N) is 3. The van der Waals surface area contributed by atoms with Crippen LogP contribution in [0, 0.1) is 0 Å². The molecule has 0 unspecified atom stereocenters. The van der Waals surface area contributed by atoms with Crippen LogP contribution in [0.4, 0.5) is 0 Å². The van der Waals surface area contributed by atoms with E-state index in [1.54, 1.807) is 4.90 Å². The lowest BCUT2D eigenvalue weighted by molar-refractivity contribution is -0.135. The average Bonchev–Trinajstić information content (AvgIpc) is 3.17. The van der Waals surface area contributed by atoms with E-state index in [9.17, 15) is 9.59 Å². The van der Waals surface area contributed by atoms with Gasteiger partial charge in [0.1, 0.15) is 6.54 Å². The number of nitrogens with one attached hydrogen (secondary N) is 1. The molecular weight excluding hydrogens is 400 g/mol. The van der Waals surface area contributed by atoms with Gasteiger partial charge in [-0.1, -0.05) is 43.3 Å². The third kappa shape index (κ3) is 4.54. The fourth-order valence-corrected chi connectivity index (χ4v) is 3.59. The van der Waals surface area contributed by atoms with Gasteiger partial charge in [-0.2, -0.15) is 5.10 Å². The number of benzene rings is 2. The molecule has 0 atom stereocenters. The number of fused-ring (bicyclic) bond motifs is 1. The van der Waals surface area contributed by atoms with E-state index in [-0.39, 0.29) is 30.8 Å². The van der Waals surface area contributed by atoms with E-state index in [4.69, 9.17) is 0 Å². The van der Waals surface area contributed by atoms with E-state index >= 15 is 0 Å². The molecule has 0 aliphatic carbocycles. The smallest absolute Gasteiger partial charge is 0.254 e. The number of amides is 2. The molecule has 0 saturated carbocycles. The molecule has 1 fully saturated rings. The van der Waals surface area contributed by atoms with Gasteiger partial charge in [0.15, 0.2) is 0 Å². The minimum Gasteiger partial charge on any atom is -0.339 e. The van der Waals surface area contributed by atoms with E-state index < -0.39 is 0 Å². The number of carbonyl (C=O) groups is 2. The van der Waals surface area contributed by atoms with Gasteiger partial charge in [0.25, 0.3) is 5.91 Å². The normalized spacial score (nSPS) is 14.4. The molecule has 156 valence electrons. The molecule has 1 saturated heterocycles. The first-order valence-electron chi connectivity index (χ1n) is 9.94. The number of para-hydroxylation sites is 1. The van der Waals surface area contributed by atoms with Crippen LogP contribution in [-0.4, -0.2) is 58.0 Å². The Morgan fingerprint density at radius 2 is 1.87 bits per heavy atom. The largest absolute Gasteiger partial charge is 0.339 e. The van der Waals surface area contributed by atoms with E-state index in [2.05, 4.69) is 17.1 Å². The van der Waals surface area contributed by atoms with Crippen molar-refractivity contribution in [3.05, 3.63) is 65.4 Å². The molecule has 4 rings (SSSR count). The predicted octanol–water partition coefficient (Wildman–Crippen LogP) is 3.85. The topological polar surface area (TPSA) is 69.3 Å². The van der Waals surface area contributed by atoms with Crippen LogP contribution in [0.3, 0.4) is 0 Å². The third-order valence-corrected chi connectivity index (χ3v) is 5.19. The molecule has 30 heavy (non-hydrogen) atoms. The maximum absolute atomic E-state index is 12.7. The van der Waals surface area contributed by atoms with Crippen molar-refractivity contribution in [1.82, 2.24) is 20.0 Å². The number of H-pyrrole nitrogens is 1. The number of aromatic amines is 1. The fraction of sp³-hybridized carbons (Fsp3) is 0.261. The van der Waals surface area contributed by atoms with E-state index in [1.165, 1.54) is 0 Å². The molecule has 0 spiro atoms. The number of piperazine rings is 1. The number of hydrogen-bond acceptors (Lipinski definition) is 3. The molecule has 2 heterocycles. The zero-order valence-corrected chi connectivity index (χ0v) is 17.7. The van der Waals surface area contributed by atoms with Crippen molar-refractivity contribution in [3.8, 4) is 0 Å². The minimum absolute atomic E-state index is 0. The molecule has 2 aromatic carbocycles. The van der Waals surface area contributed by atoms with Crippen LogP contribution >= 0.6 is 12.4 Å². The van der Waals surface area contributed by atoms with Crippen LogP contribution in [0.5, 0.6) is 0 Å². The van der Waals surface area contributed by atoms with Crippen molar-refractivity contribution in [3.63, 3.8) is 0 Å². The lowest BCUT2D eigenvalue weighted by Crippen LogP contribution is -2.52. The summed E-state index contributed by atoms with van der Waals surface area (Å²) >= 11 is 0. The molecule has 1 aromatic heterocycles. The maximum Gasteiger partial charge on any atom is 0.254 e. The summed E-state index contributed by atoms with van der Waals surface area (Å²) in [5.41, 5.74) is 3.47. The summed E-state index contributed by atoms with van der Waals surface area (Å²) in [4.78, 5) is 28.4. The summed E-state index contributed by atoms with van der Waals surface area (Å²) in [6.07, 6.45) is 4.87. The van der Waals surface area contributed by atoms with Crippen LogP contribution in [0.15, 0.2) is 48.5 Å². The summed E-state index contributed by atoms with van der Waals surface area (Å²) in [7, 11) is 0. The van der Waals surface area contributed by atoms with Crippen LogP contribution in [0.1, 0.15) is 35.0 Å². The molecule has 1 N–H and O–H groups in total. The van der Waals surface area contributed by atoms with Gasteiger partial charge in [0.05, 0.1) is 11.2 Å². The highest BCUT2D eigenvalue weighted by Gasteiger charge is 2.27. The second kappa shape index (κ2) is 9.59. The Morgan fingerprint density at radius 1 is 1.10 bits per heavy atom. The maximum atomic E-state index is 12.7. The average molecular weight is 425 g/mol. The van der Waals surface area contributed by atoms with Gasteiger partial charge < -0.3 is 9.80 Å².